The van der Waals surface area contributed by atoms with Gasteiger partial charge >= 0.3 is 0 Å². The number of anilines is 1. The first-order chi connectivity index (χ1) is 15.2. The van der Waals surface area contributed by atoms with E-state index in [1.807, 2.05) is 6.20 Å². The van der Waals surface area contributed by atoms with Crippen molar-refractivity contribution in [2.24, 2.45) is 10.7 Å². The molecule has 160 valence electrons. The van der Waals surface area contributed by atoms with Crippen LogP contribution in [0.5, 0.6) is 5.75 Å². The average Bonchev–Trinajstić information content (AvgIpc) is 3.40. The van der Waals surface area contributed by atoms with Gasteiger partial charge in [-0.25, -0.2) is 9.97 Å². The lowest BCUT2D eigenvalue weighted by atomic mass is 10.0. The first-order valence-corrected chi connectivity index (χ1v) is 11.5. The number of aromatic nitrogens is 2. The van der Waals surface area contributed by atoms with E-state index >= 15 is 0 Å². The van der Waals surface area contributed by atoms with E-state index in [1.54, 1.807) is 17.6 Å². The summed E-state index contributed by atoms with van der Waals surface area (Å²) in [4.78, 5) is 15.2. The van der Waals surface area contributed by atoms with Crippen LogP contribution in [-0.2, 0) is 6.42 Å². The smallest absolute Gasteiger partial charge is 0.227 e. The summed E-state index contributed by atoms with van der Waals surface area (Å²) in [6.07, 6.45) is 8.20. The van der Waals surface area contributed by atoms with Gasteiger partial charge in [0.2, 0.25) is 5.95 Å². The second-order valence-corrected chi connectivity index (χ2v) is 9.09. The molecule has 0 saturated carbocycles. The molecule has 5 rings (SSSR count). The van der Waals surface area contributed by atoms with Gasteiger partial charge in [-0.15, -0.1) is 11.3 Å². The molecule has 7 nitrogen and oxygen atoms in total. The average molecular weight is 435 g/mol. The van der Waals surface area contributed by atoms with Crippen molar-refractivity contribution in [1.82, 2.24) is 15.3 Å². The van der Waals surface area contributed by atoms with Gasteiger partial charge in [-0.1, -0.05) is 18.2 Å². The van der Waals surface area contributed by atoms with Crippen molar-refractivity contribution in [3.63, 3.8) is 0 Å². The first-order valence-electron chi connectivity index (χ1n) is 10.7. The monoisotopic (exact) mass is 434 g/mol. The van der Waals surface area contributed by atoms with Gasteiger partial charge in [0.05, 0.1) is 34.8 Å². The van der Waals surface area contributed by atoms with Crippen molar-refractivity contribution < 1.29 is 4.74 Å². The molecule has 0 unspecified atom stereocenters. The number of nitrogens with one attached hydrogen (secondary N) is 2. The van der Waals surface area contributed by atoms with E-state index in [4.69, 9.17) is 15.5 Å². The van der Waals surface area contributed by atoms with Crippen LogP contribution in [0.4, 0.5) is 5.95 Å². The molecule has 0 amide bonds. The zero-order chi connectivity index (χ0) is 21.2. The molecule has 0 bridgehead atoms. The molecule has 1 aromatic carbocycles. The van der Waals surface area contributed by atoms with Gasteiger partial charge in [-0.05, 0) is 38.4 Å². The summed E-state index contributed by atoms with van der Waals surface area (Å²) in [5.41, 5.74) is 10.9. The third-order valence-corrected chi connectivity index (χ3v) is 6.79. The van der Waals surface area contributed by atoms with Crippen LogP contribution >= 0.6 is 11.3 Å². The van der Waals surface area contributed by atoms with Crippen LogP contribution in [-0.4, -0.2) is 41.9 Å². The Morgan fingerprint density at radius 2 is 2.23 bits per heavy atom. The molecule has 8 heteroatoms. The third kappa shape index (κ3) is 4.00. The van der Waals surface area contributed by atoms with Crippen LogP contribution in [0.25, 0.3) is 21.3 Å². The van der Waals surface area contributed by atoms with Crippen molar-refractivity contribution >= 4 is 33.7 Å². The van der Waals surface area contributed by atoms with Gasteiger partial charge in [-0.2, -0.15) is 0 Å². The van der Waals surface area contributed by atoms with E-state index < -0.39 is 0 Å². The van der Waals surface area contributed by atoms with Crippen molar-refractivity contribution in [1.29, 1.82) is 0 Å². The highest BCUT2D eigenvalue weighted by Crippen LogP contribution is 2.44. The molecule has 0 atom stereocenters. The highest BCUT2D eigenvalue weighted by atomic mass is 32.1. The Bertz CT molecular complexity index is 1160. The van der Waals surface area contributed by atoms with Crippen LogP contribution in [0.1, 0.15) is 23.3 Å². The highest BCUT2D eigenvalue weighted by Gasteiger charge is 2.22. The summed E-state index contributed by atoms with van der Waals surface area (Å²) in [5.74, 6) is 1.49. The molecule has 31 heavy (non-hydrogen) atoms. The van der Waals surface area contributed by atoms with Gasteiger partial charge in [0.25, 0.3) is 0 Å². The third-order valence-electron chi connectivity index (χ3n) is 5.76. The fourth-order valence-electron chi connectivity index (χ4n) is 4.18. The number of allylic oxidation sites excluding steroid dienone is 1. The molecule has 2 aliphatic heterocycles. The molecule has 1 saturated heterocycles. The molecular formula is C23H26N6OS. The molecule has 1 fully saturated rings. The Balaban J connectivity index is 1.46. The topological polar surface area (TPSA) is 97.5 Å². The molecule has 0 spiro atoms. The predicted octanol–water partition coefficient (Wildman–Crippen LogP) is 3.64. The molecule has 2 aromatic heterocycles. The highest BCUT2D eigenvalue weighted by molar-refractivity contribution is 7.19. The van der Waals surface area contributed by atoms with Crippen molar-refractivity contribution in [3.8, 4) is 16.9 Å². The fourth-order valence-corrected chi connectivity index (χ4v) is 5.17. The minimum atomic E-state index is 0.327. The molecule has 0 aliphatic carbocycles. The lowest BCUT2D eigenvalue weighted by Crippen LogP contribution is -2.30. The minimum absolute atomic E-state index is 0.327. The number of benzene rings is 1. The molecule has 0 radical (unpaired) electrons. The number of rotatable bonds is 5. The summed E-state index contributed by atoms with van der Waals surface area (Å²) in [5, 5.41) is 6.58. The Kier molecular flexibility index (Phi) is 5.57. The summed E-state index contributed by atoms with van der Waals surface area (Å²) >= 11 is 1.70. The second-order valence-electron chi connectivity index (χ2n) is 7.84. The van der Waals surface area contributed by atoms with E-state index in [9.17, 15) is 0 Å². The number of nitrogens with zero attached hydrogens (tertiary/aromatic N) is 3. The maximum Gasteiger partial charge on any atom is 0.227 e. The molecule has 4 heterocycles. The SMILES string of the molecule is Cc1sc2cnc(NC(C=NC3CCNCC3)=CN)nc2c1-c1cccc2c1OCC2. The number of nitrogens with two attached hydrogens (primary N) is 1. The van der Waals surface area contributed by atoms with Crippen molar-refractivity contribution in [3.05, 3.63) is 46.7 Å². The Hall–Kier alpha value is -2.97. The molecule has 4 N–H and O–H groups in total. The largest absolute Gasteiger partial charge is 0.492 e. The lowest BCUT2D eigenvalue weighted by molar-refractivity contribution is 0.358. The second kappa shape index (κ2) is 8.64. The standard InChI is InChI=1S/C23H26N6OS/c1-14-20(18-4-2-3-15-7-10-30-22(15)18)21-19(31-14)13-27-23(29-21)28-17(11-24)12-26-16-5-8-25-9-6-16/h2-4,11-13,16,25H,5-10,24H2,1H3,(H,27,28,29). The molecule has 3 aromatic rings. The summed E-state index contributed by atoms with van der Waals surface area (Å²) in [6.45, 7) is 4.87. The van der Waals surface area contributed by atoms with Crippen LogP contribution in [0.3, 0.4) is 0 Å². The Morgan fingerprint density at radius 3 is 3.06 bits per heavy atom. The van der Waals surface area contributed by atoms with Gasteiger partial charge < -0.3 is 21.1 Å². The van der Waals surface area contributed by atoms with Crippen molar-refractivity contribution in [2.45, 2.75) is 32.2 Å². The van der Waals surface area contributed by atoms with Gasteiger partial charge in [0.15, 0.2) is 0 Å². The Labute approximate surface area is 185 Å². The van der Waals surface area contributed by atoms with Gasteiger partial charge in [0.1, 0.15) is 5.75 Å². The number of ether oxygens (including phenoxy) is 1. The quantitative estimate of drug-likeness (QED) is 0.531. The number of para-hydroxylation sites is 1. The Morgan fingerprint density at radius 1 is 1.35 bits per heavy atom. The zero-order valence-electron chi connectivity index (χ0n) is 17.5. The number of aryl methyl sites for hydroxylation is 1. The fraction of sp³-hybridized carbons (Fsp3) is 0.348. The number of thiophene rings is 1. The summed E-state index contributed by atoms with van der Waals surface area (Å²) < 4.78 is 7.01. The van der Waals surface area contributed by atoms with E-state index in [-0.39, 0.29) is 0 Å². The number of fused-ring (bicyclic) bond motifs is 2. The maximum atomic E-state index is 5.96. The number of hydrogen-bond acceptors (Lipinski definition) is 8. The summed E-state index contributed by atoms with van der Waals surface area (Å²) in [6, 6.07) is 6.67. The van der Waals surface area contributed by atoms with E-state index in [1.165, 1.54) is 16.6 Å². The van der Waals surface area contributed by atoms with Crippen LogP contribution < -0.4 is 21.1 Å². The first kappa shape index (κ1) is 20.0. The molecule has 2 aliphatic rings. The molecular weight excluding hydrogens is 408 g/mol. The van der Waals surface area contributed by atoms with Crippen LogP contribution in [0.2, 0.25) is 0 Å². The number of piperidine rings is 1. The zero-order valence-corrected chi connectivity index (χ0v) is 18.3. The number of hydrogen-bond donors (Lipinski definition) is 3. The predicted molar refractivity (Wildman–Crippen MR) is 127 cm³/mol. The minimum Gasteiger partial charge on any atom is -0.492 e. The van der Waals surface area contributed by atoms with Gasteiger partial charge in [0, 0.05) is 34.8 Å². The summed E-state index contributed by atoms with van der Waals surface area (Å²) in [7, 11) is 0. The normalized spacial score (nSPS) is 17.3. The maximum absolute atomic E-state index is 5.96. The lowest BCUT2D eigenvalue weighted by Gasteiger charge is -2.18. The van der Waals surface area contributed by atoms with E-state index in [0.717, 1.165) is 66.1 Å². The van der Waals surface area contributed by atoms with E-state index in [2.05, 4.69) is 45.7 Å². The number of aliphatic imine (C=N–C) groups is 1. The van der Waals surface area contributed by atoms with Crippen molar-refractivity contribution in [2.75, 3.05) is 25.0 Å². The van der Waals surface area contributed by atoms with Gasteiger partial charge in [-0.3, -0.25) is 4.99 Å². The van der Waals surface area contributed by atoms with E-state index in [0.29, 0.717) is 17.7 Å². The van der Waals surface area contributed by atoms with Crippen LogP contribution in [0, 0.1) is 6.92 Å². The van der Waals surface area contributed by atoms with Crippen LogP contribution in [0.15, 0.2) is 41.3 Å².